The van der Waals surface area contributed by atoms with E-state index in [0.29, 0.717) is 5.75 Å². The zero-order valence-electron chi connectivity index (χ0n) is 12.4. The van der Waals surface area contributed by atoms with Crippen LogP contribution < -0.4 is 9.64 Å². The van der Waals surface area contributed by atoms with Crippen molar-refractivity contribution < 1.29 is 14.6 Å². The summed E-state index contributed by atoms with van der Waals surface area (Å²) in [4.78, 5) is 12.8. The number of carbonyl (C=O) groups is 1. The van der Waals surface area contributed by atoms with Crippen LogP contribution in [-0.4, -0.2) is 31.3 Å². The third kappa shape index (κ3) is 3.75. The third-order valence-electron chi connectivity index (χ3n) is 3.21. The largest absolute Gasteiger partial charge is 0.479 e. The Morgan fingerprint density at radius 2 is 1.76 bits per heavy atom. The van der Waals surface area contributed by atoms with Gasteiger partial charge in [-0.25, -0.2) is 4.79 Å². The van der Waals surface area contributed by atoms with E-state index in [0.717, 1.165) is 16.8 Å². The summed E-state index contributed by atoms with van der Waals surface area (Å²) in [5, 5.41) is 8.83. The number of aliphatic carboxylic acids is 1. The molecule has 1 atom stereocenters. The van der Waals surface area contributed by atoms with Crippen LogP contribution in [0.2, 0.25) is 0 Å². The number of nitrogens with zero attached hydrogens (tertiary/aromatic N) is 1. The van der Waals surface area contributed by atoms with Gasteiger partial charge in [0.2, 0.25) is 0 Å². The van der Waals surface area contributed by atoms with Crippen molar-refractivity contribution in [1.82, 2.24) is 0 Å². The Kier molecular flexibility index (Phi) is 4.48. The number of hydrogen-bond acceptors (Lipinski definition) is 3. The van der Waals surface area contributed by atoms with Gasteiger partial charge in [-0.15, -0.1) is 0 Å². The molecule has 0 heterocycles. The summed E-state index contributed by atoms with van der Waals surface area (Å²) in [6.07, 6.45) is -0.854. The van der Waals surface area contributed by atoms with Gasteiger partial charge in [-0.3, -0.25) is 0 Å². The number of rotatable bonds is 5. The van der Waals surface area contributed by atoms with Crippen LogP contribution in [0.4, 0.5) is 5.69 Å². The van der Waals surface area contributed by atoms with Gasteiger partial charge in [0.05, 0.1) is 0 Å². The van der Waals surface area contributed by atoms with Crippen LogP contribution >= 0.6 is 0 Å². The van der Waals surface area contributed by atoms with Crippen LogP contribution in [0, 0.1) is 0 Å². The van der Waals surface area contributed by atoms with E-state index in [4.69, 9.17) is 9.84 Å². The molecule has 4 heteroatoms. The highest BCUT2D eigenvalue weighted by Gasteiger charge is 2.12. The van der Waals surface area contributed by atoms with Crippen LogP contribution in [0.25, 0.3) is 11.1 Å². The molecule has 0 saturated heterocycles. The van der Waals surface area contributed by atoms with Crippen LogP contribution in [-0.2, 0) is 4.79 Å². The number of anilines is 1. The number of ether oxygens (including phenoxy) is 1. The second kappa shape index (κ2) is 6.31. The normalized spacial score (nSPS) is 11.8. The SMILES string of the molecule is CC(Oc1ccc(-c2cccc(N(C)C)c2)cc1)C(=O)O. The summed E-state index contributed by atoms with van der Waals surface area (Å²) >= 11 is 0. The third-order valence-corrected chi connectivity index (χ3v) is 3.21. The minimum absolute atomic E-state index is 0.553. The van der Waals surface area contributed by atoms with Crippen molar-refractivity contribution in [2.75, 3.05) is 19.0 Å². The first kappa shape index (κ1) is 14.9. The van der Waals surface area contributed by atoms with Crippen molar-refractivity contribution in [3.63, 3.8) is 0 Å². The summed E-state index contributed by atoms with van der Waals surface area (Å²) in [7, 11) is 4.01. The van der Waals surface area contributed by atoms with E-state index in [1.54, 1.807) is 12.1 Å². The molecule has 1 unspecified atom stereocenters. The molecular formula is C17H19NO3. The lowest BCUT2D eigenvalue weighted by atomic mass is 10.0. The van der Waals surface area contributed by atoms with Gasteiger partial charge in [0.1, 0.15) is 5.75 Å². The molecule has 110 valence electrons. The van der Waals surface area contributed by atoms with E-state index in [2.05, 4.69) is 17.0 Å². The molecule has 0 aliphatic heterocycles. The average Bonchev–Trinajstić information content (AvgIpc) is 2.48. The maximum absolute atomic E-state index is 10.8. The molecule has 0 radical (unpaired) electrons. The molecule has 0 bridgehead atoms. The van der Waals surface area contributed by atoms with E-state index in [9.17, 15) is 4.79 Å². The van der Waals surface area contributed by atoms with Gasteiger partial charge >= 0.3 is 5.97 Å². The molecule has 1 N–H and O–H groups in total. The van der Waals surface area contributed by atoms with E-state index < -0.39 is 12.1 Å². The standard InChI is InChI=1S/C17H19NO3/c1-12(17(19)20)21-16-9-7-13(8-10-16)14-5-4-6-15(11-14)18(2)3/h4-12H,1-3H3,(H,19,20). The summed E-state index contributed by atoms with van der Waals surface area (Å²) in [6, 6.07) is 15.7. The number of carboxylic acids is 1. The van der Waals surface area contributed by atoms with Gasteiger partial charge in [0.25, 0.3) is 0 Å². The minimum Gasteiger partial charge on any atom is -0.479 e. The summed E-state index contributed by atoms with van der Waals surface area (Å²) in [6.45, 7) is 1.51. The summed E-state index contributed by atoms with van der Waals surface area (Å²) in [5.41, 5.74) is 3.31. The van der Waals surface area contributed by atoms with E-state index in [1.165, 1.54) is 6.92 Å². The van der Waals surface area contributed by atoms with Gasteiger partial charge in [-0.05, 0) is 42.3 Å². The lowest BCUT2D eigenvalue weighted by Crippen LogP contribution is -2.22. The highest BCUT2D eigenvalue weighted by molar-refractivity contribution is 5.72. The zero-order chi connectivity index (χ0) is 15.4. The molecule has 2 aromatic rings. The predicted octanol–water partition coefficient (Wildman–Crippen LogP) is 3.27. The fraction of sp³-hybridized carbons (Fsp3) is 0.235. The Morgan fingerprint density at radius 3 is 2.33 bits per heavy atom. The molecule has 0 aromatic heterocycles. The molecule has 0 amide bonds. The zero-order valence-corrected chi connectivity index (χ0v) is 12.4. The lowest BCUT2D eigenvalue weighted by Gasteiger charge is -2.14. The quantitative estimate of drug-likeness (QED) is 0.916. The topological polar surface area (TPSA) is 49.8 Å². The van der Waals surface area contributed by atoms with Gasteiger partial charge in [0.15, 0.2) is 6.10 Å². The average molecular weight is 285 g/mol. The fourth-order valence-corrected chi connectivity index (χ4v) is 1.94. The molecule has 0 spiro atoms. The maximum atomic E-state index is 10.8. The Hall–Kier alpha value is -2.49. The molecule has 0 saturated carbocycles. The minimum atomic E-state index is -0.974. The Morgan fingerprint density at radius 1 is 1.10 bits per heavy atom. The maximum Gasteiger partial charge on any atom is 0.344 e. The second-order valence-electron chi connectivity index (χ2n) is 5.07. The molecule has 4 nitrogen and oxygen atoms in total. The first-order chi connectivity index (χ1) is 9.97. The van der Waals surface area contributed by atoms with Crippen LogP contribution in [0.5, 0.6) is 5.75 Å². The Labute approximate surface area is 124 Å². The Balaban J connectivity index is 2.19. The first-order valence-electron chi connectivity index (χ1n) is 6.74. The molecule has 2 rings (SSSR count). The van der Waals surface area contributed by atoms with Gasteiger partial charge in [-0.1, -0.05) is 24.3 Å². The van der Waals surface area contributed by atoms with E-state index in [-0.39, 0.29) is 0 Å². The molecule has 21 heavy (non-hydrogen) atoms. The number of hydrogen-bond donors (Lipinski definition) is 1. The second-order valence-corrected chi connectivity index (χ2v) is 5.07. The van der Waals surface area contributed by atoms with E-state index in [1.807, 2.05) is 38.4 Å². The van der Waals surface area contributed by atoms with Gasteiger partial charge in [-0.2, -0.15) is 0 Å². The monoisotopic (exact) mass is 285 g/mol. The summed E-state index contributed by atoms with van der Waals surface area (Å²) in [5.74, 6) is -0.421. The first-order valence-corrected chi connectivity index (χ1v) is 6.74. The summed E-state index contributed by atoms with van der Waals surface area (Å²) < 4.78 is 5.32. The van der Waals surface area contributed by atoms with Crippen LogP contribution in [0.1, 0.15) is 6.92 Å². The fourth-order valence-electron chi connectivity index (χ4n) is 1.94. The highest BCUT2D eigenvalue weighted by Crippen LogP contribution is 2.26. The molecule has 2 aromatic carbocycles. The van der Waals surface area contributed by atoms with Crippen LogP contribution in [0.15, 0.2) is 48.5 Å². The van der Waals surface area contributed by atoms with Crippen molar-refractivity contribution in [2.24, 2.45) is 0 Å². The van der Waals surface area contributed by atoms with Crippen molar-refractivity contribution in [3.8, 4) is 16.9 Å². The van der Waals surface area contributed by atoms with Crippen molar-refractivity contribution in [3.05, 3.63) is 48.5 Å². The smallest absolute Gasteiger partial charge is 0.344 e. The highest BCUT2D eigenvalue weighted by atomic mass is 16.5. The number of carboxylic acid groups (broad SMARTS) is 1. The molecule has 0 aliphatic carbocycles. The van der Waals surface area contributed by atoms with Gasteiger partial charge < -0.3 is 14.7 Å². The Bertz CT molecular complexity index is 620. The lowest BCUT2D eigenvalue weighted by molar-refractivity contribution is -0.144. The van der Waals surface area contributed by atoms with Crippen molar-refractivity contribution in [1.29, 1.82) is 0 Å². The number of benzene rings is 2. The van der Waals surface area contributed by atoms with E-state index >= 15 is 0 Å². The molecule has 0 fully saturated rings. The predicted molar refractivity (Wildman–Crippen MR) is 83.9 cm³/mol. The van der Waals surface area contributed by atoms with Crippen molar-refractivity contribution >= 4 is 11.7 Å². The van der Waals surface area contributed by atoms with Crippen LogP contribution in [0.3, 0.4) is 0 Å². The molecule has 0 aliphatic rings. The van der Waals surface area contributed by atoms with Gasteiger partial charge in [0, 0.05) is 19.8 Å². The molecular weight excluding hydrogens is 266 g/mol. The van der Waals surface area contributed by atoms with Crippen molar-refractivity contribution in [2.45, 2.75) is 13.0 Å².